The molecule has 0 saturated carbocycles. The van der Waals surface area contributed by atoms with E-state index in [2.05, 4.69) is 14.8 Å². The molecule has 4 heterocycles. The second-order valence-electron chi connectivity index (χ2n) is 9.26. The lowest BCUT2D eigenvalue weighted by Gasteiger charge is -2.36. The molecule has 1 aromatic carbocycles. The fourth-order valence-corrected chi connectivity index (χ4v) is 5.95. The van der Waals surface area contributed by atoms with Crippen LogP contribution in [-0.4, -0.2) is 47.1 Å². The molecule has 2 atom stereocenters. The van der Waals surface area contributed by atoms with Crippen LogP contribution >= 0.6 is 0 Å². The third-order valence-corrected chi connectivity index (χ3v) is 8.24. The number of sulfonamides is 1. The second-order valence-corrected chi connectivity index (χ2v) is 10.9. The van der Waals surface area contributed by atoms with Crippen molar-refractivity contribution in [3.05, 3.63) is 77.5 Å². The summed E-state index contributed by atoms with van der Waals surface area (Å²) in [6.07, 6.45) is 5.75. The standard InChI is InChI=1S/C24H24F2N6O3S/c1-15-28-23(14-30(15)2)36(34,35)29-24(33)19-13-27-31-9-8-17(12-21(19)31)32(3)10-4-5-22(32)18-11-16(25)6-7-20(18)26/h6-9,11-14,22H,4-5,10H2,1-3H3/p+1. The fraction of sp³-hybridized carbons (Fsp3) is 0.292. The number of likely N-dealkylation sites (tertiary alicyclic amines) is 1. The van der Waals surface area contributed by atoms with E-state index >= 15 is 0 Å². The molecule has 4 aromatic rings. The molecule has 0 aliphatic carbocycles. The molecule has 188 valence electrons. The van der Waals surface area contributed by atoms with Gasteiger partial charge in [0.2, 0.25) is 0 Å². The Morgan fingerprint density at radius 3 is 2.72 bits per heavy atom. The summed E-state index contributed by atoms with van der Waals surface area (Å²) in [6, 6.07) is 6.72. The molecule has 1 aliphatic heterocycles. The molecule has 0 bridgehead atoms. The number of amides is 1. The minimum Gasteiger partial charge on any atom is -0.337 e. The normalized spacial score (nSPS) is 20.2. The van der Waals surface area contributed by atoms with E-state index in [1.165, 1.54) is 23.0 Å². The van der Waals surface area contributed by atoms with E-state index in [1.54, 1.807) is 30.8 Å². The SMILES string of the molecule is Cc1nc(S(=O)(=O)NC(=O)c2cnn3ccc([N+]4(C)CCCC4c4cc(F)ccc4F)cc23)cn1C. The first-order valence-corrected chi connectivity index (χ1v) is 12.8. The number of nitrogens with one attached hydrogen (secondary N) is 1. The van der Waals surface area contributed by atoms with Crippen LogP contribution in [-0.2, 0) is 17.1 Å². The maximum absolute atomic E-state index is 14.7. The molecule has 9 nitrogen and oxygen atoms in total. The van der Waals surface area contributed by atoms with Gasteiger partial charge in [0.05, 0.1) is 30.9 Å². The number of halogens is 2. The number of hydrogen-bond donors (Lipinski definition) is 1. The molecule has 1 aliphatic rings. The lowest BCUT2D eigenvalue weighted by Crippen LogP contribution is -2.44. The lowest BCUT2D eigenvalue weighted by molar-refractivity contribution is 0.0983. The quantitative estimate of drug-likeness (QED) is 0.412. The van der Waals surface area contributed by atoms with Gasteiger partial charge in [0.25, 0.3) is 15.9 Å². The summed E-state index contributed by atoms with van der Waals surface area (Å²) in [7, 11) is -0.601. The number of carbonyl (C=O) groups excluding carboxylic acids is 1. The zero-order valence-electron chi connectivity index (χ0n) is 19.9. The summed E-state index contributed by atoms with van der Waals surface area (Å²) >= 11 is 0. The van der Waals surface area contributed by atoms with E-state index in [1.807, 2.05) is 13.1 Å². The van der Waals surface area contributed by atoms with Gasteiger partial charge in [-0.3, -0.25) is 9.28 Å². The number of pyridine rings is 1. The number of imidazole rings is 1. The number of fused-ring (bicyclic) bond motifs is 1. The van der Waals surface area contributed by atoms with E-state index in [0.717, 1.165) is 24.2 Å². The second kappa shape index (κ2) is 8.49. The number of nitrogens with zero attached hydrogens (tertiary/aromatic N) is 5. The van der Waals surface area contributed by atoms with Crippen molar-refractivity contribution in [1.82, 2.24) is 28.4 Å². The Balaban J connectivity index is 1.51. The Hall–Kier alpha value is -3.64. The molecule has 0 spiro atoms. The number of rotatable bonds is 5. The minimum atomic E-state index is -4.20. The number of carbonyl (C=O) groups is 1. The van der Waals surface area contributed by atoms with Crippen LogP contribution in [0.5, 0.6) is 0 Å². The number of aromatic nitrogens is 4. The number of hydrogen-bond acceptors (Lipinski definition) is 5. The summed E-state index contributed by atoms with van der Waals surface area (Å²) in [6.45, 7) is 2.33. The van der Waals surface area contributed by atoms with E-state index in [0.29, 0.717) is 34.4 Å². The Morgan fingerprint density at radius 2 is 2.00 bits per heavy atom. The summed E-state index contributed by atoms with van der Waals surface area (Å²) in [4.78, 5) is 17.0. The van der Waals surface area contributed by atoms with Crippen molar-refractivity contribution in [2.45, 2.75) is 30.8 Å². The van der Waals surface area contributed by atoms with Crippen molar-refractivity contribution >= 4 is 27.1 Å². The van der Waals surface area contributed by atoms with Crippen molar-refractivity contribution in [3.63, 3.8) is 0 Å². The molecule has 3 aromatic heterocycles. The fourth-order valence-electron chi connectivity index (χ4n) is 4.94. The highest BCUT2D eigenvalue weighted by Gasteiger charge is 2.43. The highest BCUT2D eigenvalue weighted by atomic mass is 32.2. The van der Waals surface area contributed by atoms with Gasteiger partial charge in [0, 0.05) is 50.0 Å². The van der Waals surface area contributed by atoms with Gasteiger partial charge in [-0.1, -0.05) is 0 Å². The van der Waals surface area contributed by atoms with Gasteiger partial charge in [-0.25, -0.2) is 23.0 Å². The maximum Gasteiger partial charge on any atom is 0.283 e. The van der Waals surface area contributed by atoms with Crippen LogP contribution < -0.4 is 9.21 Å². The molecule has 5 rings (SSSR count). The lowest BCUT2D eigenvalue weighted by atomic mass is 10.0. The molecule has 1 amide bonds. The third kappa shape index (κ3) is 3.95. The summed E-state index contributed by atoms with van der Waals surface area (Å²) in [5, 5.41) is 3.92. The molecule has 36 heavy (non-hydrogen) atoms. The summed E-state index contributed by atoms with van der Waals surface area (Å²) in [5.41, 5.74) is 1.53. The van der Waals surface area contributed by atoms with Crippen molar-refractivity contribution in [2.24, 2.45) is 7.05 Å². The molecule has 0 radical (unpaired) electrons. The first-order chi connectivity index (χ1) is 17.0. The topological polar surface area (TPSA) is 98.4 Å². The third-order valence-electron chi connectivity index (χ3n) is 7.03. The van der Waals surface area contributed by atoms with Crippen molar-refractivity contribution in [1.29, 1.82) is 0 Å². The van der Waals surface area contributed by atoms with Crippen LogP contribution in [0, 0.1) is 18.6 Å². The van der Waals surface area contributed by atoms with Gasteiger partial charge in [-0.2, -0.15) is 13.5 Å². The van der Waals surface area contributed by atoms with Crippen LogP contribution in [0.4, 0.5) is 14.5 Å². The predicted octanol–water partition coefficient (Wildman–Crippen LogP) is 3.25. The van der Waals surface area contributed by atoms with Gasteiger partial charge >= 0.3 is 0 Å². The monoisotopic (exact) mass is 515 g/mol. The number of aryl methyl sites for hydroxylation is 2. The predicted molar refractivity (Wildman–Crippen MR) is 129 cm³/mol. The van der Waals surface area contributed by atoms with Gasteiger partial charge in [-0.15, -0.1) is 0 Å². The van der Waals surface area contributed by atoms with Crippen LogP contribution in [0.3, 0.4) is 0 Å². The Kier molecular flexibility index (Phi) is 5.67. The molecule has 12 heteroatoms. The molecule has 1 N–H and O–H groups in total. The van der Waals surface area contributed by atoms with Gasteiger partial charge < -0.3 is 4.57 Å². The zero-order valence-corrected chi connectivity index (χ0v) is 20.8. The van der Waals surface area contributed by atoms with Crippen LogP contribution in [0.15, 0.2) is 53.9 Å². The van der Waals surface area contributed by atoms with Crippen molar-refractivity contribution < 1.29 is 22.0 Å². The number of quaternary nitrogens is 1. The highest BCUT2D eigenvalue weighted by Crippen LogP contribution is 2.43. The Bertz CT molecular complexity index is 1590. The zero-order chi connectivity index (χ0) is 25.8. The first kappa shape index (κ1) is 24.1. The van der Waals surface area contributed by atoms with E-state index < -0.39 is 27.6 Å². The van der Waals surface area contributed by atoms with Crippen molar-refractivity contribution in [3.8, 4) is 0 Å². The Labute approximate surface area is 206 Å². The van der Waals surface area contributed by atoms with Crippen molar-refractivity contribution in [2.75, 3.05) is 13.6 Å². The summed E-state index contributed by atoms with van der Waals surface area (Å²) in [5.74, 6) is -1.33. The molecular weight excluding hydrogens is 490 g/mol. The molecular formula is C24H25F2N6O3S+. The van der Waals surface area contributed by atoms with Crippen LogP contribution in [0.25, 0.3) is 5.52 Å². The summed E-state index contributed by atoms with van der Waals surface area (Å²) < 4.78 is 59.4. The van der Waals surface area contributed by atoms with E-state index in [4.69, 9.17) is 0 Å². The number of benzene rings is 1. The minimum absolute atomic E-state index is 0.0624. The van der Waals surface area contributed by atoms with E-state index in [-0.39, 0.29) is 16.6 Å². The first-order valence-electron chi connectivity index (χ1n) is 11.3. The smallest absolute Gasteiger partial charge is 0.283 e. The Morgan fingerprint density at radius 1 is 1.22 bits per heavy atom. The highest BCUT2D eigenvalue weighted by molar-refractivity contribution is 7.90. The van der Waals surface area contributed by atoms with Gasteiger partial charge in [-0.05, 0) is 25.1 Å². The average molecular weight is 516 g/mol. The average Bonchev–Trinajstić information content (AvgIpc) is 3.52. The largest absolute Gasteiger partial charge is 0.337 e. The maximum atomic E-state index is 14.7. The molecule has 1 fully saturated rings. The van der Waals surface area contributed by atoms with E-state index in [9.17, 15) is 22.0 Å². The molecule has 2 unspecified atom stereocenters. The van der Waals surface area contributed by atoms with Crippen LogP contribution in [0.1, 0.15) is 40.6 Å². The van der Waals surface area contributed by atoms with Gasteiger partial charge in [0.15, 0.2) is 5.03 Å². The van der Waals surface area contributed by atoms with Gasteiger partial charge in [0.1, 0.15) is 29.2 Å². The van der Waals surface area contributed by atoms with Crippen LogP contribution in [0.2, 0.25) is 0 Å². The molecule has 1 saturated heterocycles.